The van der Waals surface area contributed by atoms with E-state index in [1.807, 2.05) is 55.8 Å². The van der Waals surface area contributed by atoms with E-state index in [-0.39, 0.29) is 5.91 Å². The molecule has 0 saturated carbocycles. The Bertz CT molecular complexity index is 953. The third-order valence-electron chi connectivity index (χ3n) is 3.67. The Hall–Kier alpha value is -1.91. The van der Waals surface area contributed by atoms with E-state index in [1.165, 1.54) is 11.3 Å². The predicted octanol–water partition coefficient (Wildman–Crippen LogP) is 4.25. The van der Waals surface area contributed by atoms with Crippen molar-refractivity contribution in [2.75, 3.05) is 0 Å². The van der Waals surface area contributed by atoms with Gasteiger partial charge in [-0.15, -0.1) is 0 Å². The van der Waals surface area contributed by atoms with E-state index in [2.05, 4.69) is 4.99 Å². The lowest BCUT2D eigenvalue weighted by molar-refractivity contribution is 0.0997. The van der Waals surface area contributed by atoms with Crippen molar-refractivity contribution in [3.63, 3.8) is 0 Å². The molecule has 0 saturated heterocycles. The first-order valence-corrected chi connectivity index (χ1v) is 8.08. The summed E-state index contributed by atoms with van der Waals surface area (Å²) in [6, 6.07) is 11.3. The zero-order valence-corrected chi connectivity index (χ0v) is 14.1. The summed E-state index contributed by atoms with van der Waals surface area (Å²) in [6.45, 7) is 3.94. The molecule has 0 fully saturated rings. The number of aryl methyl sites for hydroxylation is 3. The zero-order chi connectivity index (χ0) is 15.9. The predicted molar refractivity (Wildman–Crippen MR) is 91.6 cm³/mol. The van der Waals surface area contributed by atoms with Gasteiger partial charge in [0.2, 0.25) is 0 Å². The SMILES string of the molecule is Cc1ccccc1C(=O)N=c1sc2c(Cl)ccc(C)c2n1C. The Balaban J connectivity index is 2.21. The van der Waals surface area contributed by atoms with Crippen LogP contribution in [0.4, 0.5) is 0 Å². The van der Waals surface area contributed by atoms with Crippen LogP contribution in [0, 0.1) is 13.8 Å². The number of rotatable bonds is 1. The van der Waals surface area contributed by atoms with Crippen molar-refractivity contribution < 1.29 is 4.79 Å². The third kappa shape index (κ3) is 2.49. The highest BCUT2D eigenvalue weighted by Crippen LogP contribution is 2.28. The van der Waals surface area contributed by atoms with Gasteiger partial charge < -0.3 is 4.57 Å². The minimum absolute atomic E-state index is 0.228. The van der Waals surface area contributed by atoms with Gasteiger partial charge >= 0.3 is 0 Å². The molecule has 0 atom stereocenters. The van der Waals surface area contributed by atoms with E-state index in [9.17, 15) is 4.79 Å². The smallest absolute Gasteiger partial charge is 0.279 e. The summed E-state index contributed by atoms with van der Waals surface area (Å²) < 4.78 is 2.89. The lowest BCUT2D eigenvalue weighted by atomic mass is 10.1. The largest absolute Gasteiger partial charge is 0.319 e. The molecule has 5 heteroatoms. The summed E-state index contributed by atoms with van der Waals surface area (Å²) in [5, 5.41) is 0.686. The number of halogens is 1. The molecule has 112 valence electrons. The summed E-state index contributed by atoms with van der Waals surface area (Å²) in [6.07, 6.45) is 0. The molecule has 0 spiro atoms. The van der Waals surface area contributed by atoms with Gasteiger partial charge in [0.1, 0.15) is 0 Å². The molecule has 0 aliphatic heterocycles. The van der Waals surface area contributed by atoms with E-state index < -0.39 is 0 Å². The number of benzene rings is 2. The van der Waals surface area contributed by atoms with Crippen molar-refractivity contribution in [1.82, 2.24) is 4.57 Å². The highest BCUT2D eigenvalue weighted by atomic mass is 35.5. The number of fused-ring (bicyclic) bond motifs is 1. The van der Waals surface area contributed by atoms with Crippen LogP contribution in [-0.2, 0) is 7.05 Å². The van der Waals surface area contributed by atoms with Gasteiger partial charge in [-0.05, 0) is 37.1 Å². The Morgan fingerprint density at radius 2 is 1.86 bits per heavy atom. The number of amides is 1. The number of carbonyl (C=O) groups is 1. The van der Waals surface area contributed by atoms with Crippen LogP contribution in [0.25, 0.3) is 10.2 Å². The maximum atomic E-state index is 12.4. The molecule has 0 radical (unpaired) electrons. The van der Waals surface area contributed by atoms with Crippen molar-refractivity contribution in [1.29, 1.82) is 0 Å². The van der Waals surface area contributed by atoms with Crippen LogP contribution >= 0.6 is 22.9 Å². The lowest BCUT2D eigenvalue weighted by Crippen LogP contribution is -2.14. The first kappa shape index (κ1) is 15.0. The molecule has 3 rings (SSSR count). The second kappa shape index (κ2) is 5.71. The minimum atomic E-state index is -0.228. The normalized spacial score (nSPS) is 12.1. The number of hydrogen-bond donors (Lipinski definition) is 0. The molecule has 0 unspecified atom stereocenters. The van der Waals surface area contributed by atoms with Crippen LogP contribution in [-0.4, -0.2) is 10.5 Å². The fraction of sp³-hybridized carbons (Fsp3) is 0.176. The van der Waals surface area contributed by atoms with Gasteiger partial charge in [0, 0.05) is 12.6 Å². The number of thiazole rings is 1. The summed E-state index contributed by atoms with van der Waals surface area (Å²) in [4.78, 5) is 17.4. The van der Waals surface area contributed by atoms with Gasteiger partial charge in [-0.1, -0.05) is 47.2 Å². The van der Waals surface area contributed by atoms with Crippen LogP contribution in [0.1, 0.15) is 21.5 Å². The molecule has 3 aromatic rings. The Labute approximate surface area is 137 Å². The van der Waals surface area contributed by atoms with Crippen molar-refractivity contribution >= 4 is 39.1 Å². The van der Waals surface area contributed by atoms with E-state index >= 15 is 0 Å². The van der Waals surface area contributed by atoms with Crippen molar-refractivity contribution in [2.45, 2.75) is 13.8 Å². The zero-order valence-electron chi connectivity index (χ0n) is 12.6. The van der Waals surface area contributed by atoms with Gasteiger partial charge in [0.15, 0.2) is 4.80 Å². The maximum Gasteiger partial charge on any atom is 0.279 e. The molecule has 1 aromatic heterocycles. The van der Waals surface area contributed by atoms with Gasteiger partial charge in [0.25, 0.3) is 5.91 Å². The average molecular weight is 331 g/mol. The quantitative estimate of drug-likeness (QED) is 0.656. The van der Waals surface area contributed by atoms with Gasteiger partial charge in [-0.2, -0.15) is 4.99 Å². The van der Waals surface area contributed by atoms with E-state index in [0.29, 0.717) is 15.4 Å². The molecule has 0 bridgehead atoms. The molecule has 22 heavy (non-hydrogen) atoms. The topological polar surface area (TPSA) is 34.4 Å². The van der Waals surface area contributed by atoms with Crippen molar-refractivity contribution in [2.24, 2.45) is 12.0 Å². The van der Waals surface area contributed by atoms with Crippen LogP contribution in [0.5, 0.6) is 0 Å². The minimum Gasteiger partial charge on any atom is -0.319 e. The summed E-state index contributed by atoms with van der Waals surface area (Å²) in [5.41, 5.74) is 3.69. The van der Waals surface area contributed by atoms with Gasteiger partial charge in [-0.3, -0.25) is 4.79 Å². The van der Waals surface area contributed by atoms with Gasteiger partial charge in [-0.25, -0.2) is 0 Å². The summed E-state index contributed by atoms with van der Waals surface area (Å²) in [5.74, 6) is -0.228. The van der Waals surface area contributed by atoms with E-state index in [1.54, 1.807) is 6.07 Å². The number of carbonyl (C=O) groups excluding carboxylic acids is 1. The molecular weight excluding hydrogens is 316 g/mol. The summed E-state index contributed by atoms with van der Waals surface area (Å²) >= 11 is 7.70. The lowest BCUT2D eigenvalue weighted by Gasteiger charge is -2.01. The van der Waals surface area contributed by atoms with Crippen molar-refractivity contribution in [3.05, 3.63) is 62.9 Å². The molecule has 0 aliphatic carbocycles. The summed E-state index contributed by atoms with van der Waals surface area (Å²) in [7, 11) is 1.91. The second-order valence-electron chi connectivity index (χ2n) is 5.22. The van der Waals surface area contributed by atoms with Crippen LogP contribution < -0.4 is 4.80 Å². The van der Waals surface area contributed by atoms with E-state index in [0.717, 1.165) is 21.3 Å². The Kier molecular flexibility index (Phi) is 3.89. The monoisotopic (exact) mass is 330 g/mol. The maximum absolute atomic E-state index is 12.4. The molecule has 1 heterocycles. The average Bonchev–Trinajstić information content (AvgIpc) is 2.82. The molecular formula is C17H15ClN2OS. The fourth-order valence-corrected chi connectivity index (χ4v) is 3.84. The van der Waals surface area contributed by atoms with Crippen molar-refractivity contribution in [3.8, 4) is 0 Å². The number of nitrogens with zero attached hydrogens (tertiary/aromatic N) is 2. The van der Waals surface area contributed by atoms with Crippen LogP contribution in [0.15, 0.2) is 41.4 Å². The molecule has 0 aliphatic rings. The molecule has 3 nitrogen and oxygen atoms in total. The second-order valence-corrected chi connectivity index (χ2v) is 6.60. The van der Waals surface area contributed by atoms with E-state index in [4.69, 9.17) is 11.6 Å². The number of aromatic nitrogens is 1. The first-order valence-electron chi connectivity index (χ1n) is 6.88. The van der Waals surface area contributed by atoms with Crippen LogP contribution in [0.3, 0.4) is 0 Å². The first-order chi connectivity index (χ1) is 10.5. The molecule has 1 amide bonds. The van der Waals surface area contributed by atoms with Crippen LogP contribution in [0.2, 0.25) is 5.02 Å². The standard InChI is InChI=1S/C17H15ClN2OS/c1-10-6-4-5-7-12(10)16(21)19-17-20(3)14-11(2)8-9-13(18)15(14)22-17/h4-9H,1-3H3. The third-order valence-corrected chi connectivity index (χ3v) is 5.27. The van der Waals surface area contributed by atoms with Gasteiger partial charge in [0.05, 0.1) is 15.2 Å². The Morgan fingerprint density at radius 3 is 2.55 bits per heavy atom. The number of hydrogen-bond acceptors (Lipinski definition) is 2. The highest BCUT2D eigenvalue weighted by molar-refractivity contribution is 7.17. The molecule has 2 aromatic carbocycles. The Morgan fingerprint density at radius 1 is 1.14 bits per heavy atom. The molecule has 0 N–H and O–H groups in total. The highest BCUT2D eigenvalue weighted by Gasteiger charge is 2.12. The fourth-order valence-electron chi connectivity index (χ4n) is 2.47.